The summed E-state index contributed by atoms with van der Waals surface area (Å²) in [5.74, 6) is 0.162. The predicted octanol–water partition coefficient (Wildman–Crippen LogP) is 1.25. The van der Waals surface area contributed by atoms with Gasteiger partial charge in [-0.1, -0.05) is 24.3 Å². The van der Waals surface area contributed by atoms with Crippen molar-refractivity contribution in [2.75, 3.05) is 19.7 Å². The largest absolute Gasteiger partial charge is 0.373 e. The molecule has 0 bridgehead atoms. The lowest BCUT2D eigenvalue weighted by Gasteiger charge is -2.27. The van der Waals surface area contributed by atoms with Crippen molar-refractivity contribution in [1.82, 2.24) is 4.90 Å². The number of ether oxygens (including phenoxy) is 1. The molecule has 2 aliphatic rings. The number of hydrogen-bond donors (Lipinski definition) is 1. The molecule has 2 atom stereocenters. The van der Waals surface area contributed by atoms with Gasteiger partial charge in [-0.3, -0.25) is 4.79 Å². The first-order chi connectivity index (χ1) is 9.24. The zero-order valence-electron chi connectivity index (χ0n) is 11.0. The second kappa shape index (κ2) is 5.31. The summed E-state index contributed by atoms with van der Waals surface area (Å²) >= 11 is 0. The normalized spacial score (nSPS) is 26.3. The van der Waals surface area contributed by atoms with E-state index in [-0.39, 0.29) is 18.1 Å². The summed E-state index contributed by atoms with van der Waals surface area (Å²) in [6, 6.07) is 8.39. The van der Waals surface area contributed by atoms with Crippen molar-refractivity contribution in [2.45, 2.75) is 31.4 Å². The lowest BCUT2D eigenvalue weighted by molar-refractivity contribution is -0.133. The van der Waals surface area contributed by atoms with Crippen LogP contribution in [0.15, 0.2) is 24.3 Å². The summed E-state index contributed by atoms with van der Waals surface area (Å²) in [6.07, 6.45) is 2.20. The van der Waals surface area contributed by atoms with E-state index in [9.17, 15) is 4.79 Å². The van der Waals surface area contributed by atoms with Gasteiger partial charge in [0.15, 0.2) is 0 Å². The number of nitrogens with zero attached hydrogens (tertiary/aromatic N) is 1. The molecule has 1 aromatic carbocycles. The van der Waals surface area contributed by atoms with E-state index in [0.29, 0.717) is 19.6 Å². The molecule has 0 radical (unpaired) electrons. The Bertz CT molecular complexity index is 475. The first-order valence-electron chi connectivity index (χ1n) is 6.97. The van der Waals surface area contributed by atoms with Crippen LogP contribution in [0.2, 0.25) is 0 Å². The van der Waals surface area contributed by atoms with E-state index in [1.54, 1.807) is 0 Å². The van der Waals surface area contributed by atoms with Crippen LogP contribution in [0.25, 0.3) is 0 Å². The molecule has 4 heteroatoms. The molecule has 1 saturated heterocycles. The third-order valence-electron chi connectivity index (χ3n) is 4.03. The number of nitrogens with two attached hydrogens (primary N) is 1. The number of hydrogen-bond acceptors (Lipinski definition) is 3. The fraction of sp³-hybridized carbons (Fsp3) is 0.533. The summed E-state index contributed by atoms with van der Waals surface area (Å²) in [5, 5.41) is 0. The minimum atomic E-state index is -0.0886. The Hall–Kier alpha value is -1.39. The summed E-state index contributed by atoms with van der Waals surface area (Å²) in [4.78, 5) is 14.1. The van der Waals surface area contributed by atoms with Crippen molar-refractivity contribution in [3.63, 3.8) is 0 Å². The quantitative estimate of drug-likeness (QED) is 0.870. The zero-order chi connectivity index (χ0) is 13.2. The molecule has 1 aromatic rings. The highest BCUT2D eigenvalue weighted by Gasteiger charge is 2.28. The van der Waals surface area contributed by atoms with Crippen LogP contribution in [-0.2, 0) is 16.0 Å². The molecule has 0 aliphatic carbocycles. The highest BCUT2D eigenvalue weighted by atomic mass is 16.5. The molecular formula is C15H20N2O2. The average molecular weight is 260 g/mol. The van der Waals surface area contributed by atoms with Crippen molar-refractivity contribution in [3.05, 3.63) is 35.4 Å². The number of fused-ring (bicyclic) bond motifs is 1. The van der Waals surface area contributed by atoms with Crippen molar-refractivity contribution in [2.24, 2.45) is 5.73 Å². The Balaban J connectivity index is 1.69. The maximum Gasteiger partial charge on any atom is 0.225 e. The van der Waals surface area contributed by atoms with E-state index in [1.165, 1.54) is 11.1 Å². The third-order valence-corrected chi connectivity index (χ3v) is 4.03. The lowest BCUT2D eigenvalue weighted by Crippen LogP contribution is -2.33. The van der Waals surface area contributed by atoms with Gasteiger partial charge in [-0.15, -0.1) is 0 Å². The molecule has 1 unspecified atom stereocenters. The van der Waals surface area contributed by atoms with Gasteiger partial charge in [0.1, 0.15) is 0 Å². The van der Waals surface area contributed by atoms with Gasteiger partial charge in [0.2, 0.25) is 5.91 Å². The van der Waals surface area contributed by atoms with Gasteiger partial charge in [0.05, 0.1) is 19.1 Å². The highest BCUT2D eigenvalue weighted by molar-refractivity contribution is 5.77. The van der Waals surface area contributed by atoms with Crippen molar-refractivity contribution >= 4 is 5.91 Å². The number of carbonyl (C=O) groups excluding carboxylic acids is 1. The number of benzene rings is 1. The van der Waals surface area contributed by atoms with Gasteiger partial charge in [0.25, 0.3) is 0 Å². The maximum atomic E-state index is 12.3. The Kier molecular flexibility index (Phi) is 3.53. The van der Waals surface area contributed by atoms with Gasteiger partial charge in [-0.05, 0) is 24.0 Å². The summed E-state index contributed by atoms with van der Waals surface area (Å²) in [7, 11) is 0. The Labute approximate surface area is 113 Å². The Morgan fingerprint density at radius 3 is 3.05 bits per heavy atom. The van der Waals surface area contributed by atoms with Gasteiger partial charge in [-0.25, -0.2) is 0 Å². The molecule has 2 N–H and O–H groups in total. The molecule has 0 aromatic heterocycles. The minimum absolute atomic E-state index is 0.0886. The number of likely N-dealkylation sites (tertiary alicyclic amines) is 1. The molecule has 4 nitrogen and oxygen atoms in total. The summed E-state index contributed by atoms with van der Waals surface area (Å²) < 4.78 is 5.78. The number of amides is 1. The van der Waals surface area contributed by atoms with Gasteiger partial charge < -0.3 is 15.4 Å². The van der Waals surface area contributed by atoms with Gasteiger partial charge >= 0.3 is 0 Å². The van der Waals surface area contributed by atoms with Crippen molar-refractivity contribution in [3.8, 4) is 0 Å². The molecule has 0 saturated carbocycles. The summed E-state index contributed by atoms with van der Waals surface area (Å²) in [5.41, 5.74) is 8.33. The van der Waals surface area contributed by atoms with Crippen LogP contribution in [-0.4, -0.2) is 36.5 Å². The molecule has 2 aliphatic heterocycles. The fourth-order valence-corrected chi connectivity index (χ4v) is 2.95. The van der Waals surface area contributed by atoms with Crippen molar-refractivity contribution in [1.29, 1.82) is 0 Å². The fourth-order valence-electron chi connectivity index (χ4n) is 2.95. The molecule has 1 amide bonds. The minimum Gasteiger partial charge on any atom is -0.373 e. The second-order valence-corrected chi connectivity index (χ2v) is 5.40. The first kappa shape index (κ1) is 12.6. The van der Waals surface area contributed by atoms with E-state index in [2.05, 4.69) is 12.1 Å². The molecule has 3 rings (SSSR count). The second-order valence-electron chi connectivity index (χ2n) is 5.40. The van der Waals surface area contributed by atoms with E-state index < -0.39 is 0 Å². The molecular weight excluding hydrogens is 240 g/mol. The Morgan fingerprint density at radius 1 is 1.42 bits per heavy atom. The maximum absolute atomic E-state index is 12.3. The zero-order valence-corrected chi connectivity index (χ0v) is 11.0. The SMILES string of the molecule is N[C@@H]1CCN(C(=O)CC2OCCc3ccccc32)C1. The predicted molar refractivity (Wildman–Crippen MR) is 72.6 cm³/mol. The average Bonchev–Trinajstić information content (AvgIpc) is 2.86. The van der Waals surface area contributed by atoms with E-state index >= 15 is 0 Å². The number of rotatable bonds is 2. The molecule has 0 spiro atoms. The molecule has 2 heterocycles. The van der Waals surface area contributed by atoms with Crippen LogP contribution in [0.4, 0.5) is 0 Å². The van der Waals surface area contributed by atoms with E-state index in [0.717, 1.165) is 19.4 Å². The van der Waals surface area contributed by atoms with Crippen LogP contribution in [0, 0.1) is 0 Å². The van der Waals surface area contributed by atoms with Crippen LogP contribution in [0.3, 0.4) is 0 Å². The molecule has 102 valence electrons. The van der Waals surface area contributed by atoms with Crippen LogP contribution >= 0.6 is 0 Å². The summed E-state index contributed by atoms with van der Waals surface area (Å²) in [6.45, 7) is 2.18. The molecule has 1 fully saturated rings. The van der Waals surface area contributed by atoms with Gasteiger partial charge in [-0.2, -0.15) is 0 Å². The monoisotopic (exact) mass is 260 g/mol. The van der Waals surface area contributed by atoms with Crippen molar-refractivity contribution < 1.29 is 9.53 Å². The lowest BCUT2D eigenvalue weighted by atomic mass is 9.95. The van der Waals surface area contributed by atoms with E-state index in [4.69, 9.17) is 10.5 Å². The van der Waals surface area contributed by atoms with E-state index in [1.807, 2.05) is 17.0 Å². The topological polar surface area (TPSA) is 55.6 Å². The highest BCUT2D eigenvalue weighted by Crippen LogP contribution is 2.30. The van der Waals surface area contributed by atoms with Crippen LogP contribution < -0.4 is 5.73 Å². The molecule has 19 heavy (non-hydrogen) atoms. The number of carbonyl (C=O) groups is 1. The standard InChI is InChI=1S/C15H20N2O2/c16-12-5-7-17(10-12)15(18)9-14-13-4-2-1-3-11(13)6-8-19-14/h1-4,12,14H,5-10,16H2/t12-,14?/m1/s1. The van der Waals surface area contributed by atoms with Gasteiger partial charge in [0, 0.05) is 19.1 Å². The van der Waals surface area contributed by atoms with Crippen LogP contribution in [0.1, 0.15) is 30.1 Å². The Morgan fingerprint density at radius 2 is 2.26 bits per heavy atom. The third kappa shape index (κ3) is 2.65. The first-order valence-corrected chi connectivity index (χ1v) is 6.97. The van der Waals surface area contributed by atoms with Crippen LogP contribution in [0.5, 0.6) is 0 Å². The smallest absolute Gasteiger partial charge is 0.225 e.